The minimum absolute atomic E-state index is 0.850. The molecule has 1 aromatic heterocycles. The van der Waals surface area contributed by atoms with Crippen LogP contribution in [0.4, 0.5) is 0 Å². The van der Waals surface area contributed by atoms with Gasteiger partial charge in [-0.2, -0.15) is 0 Å². The number of likely N-dealkylation sites (N-methyl/N-ethyl adjacent to an activating group) is 1. The van der Waals surface area contributed by atoms with Crippen LogP contribution in [-0.4, -0.2) is 34.1 Å². The summed E-state index contributed by atoms with van der Waals surface area (Å²) in [6.07, 6.45) is 0. The van der Waals surface area contributed by atoms with Gasteiger partial charge < -0.3 is 9.47 Å². The highest BCUT2D eigenvalue weighted by molar-refractivity contribution is 7.71. The molecule has 4 heteroatoms. The maximum atomic E-state index is 5.81. The maximum Gasteiger partial charge on any atom is 0.141 e. The maximum absolute atomic E-state index is 5.81. The molecule has 3 nitrogen and oxygen atoms in total. The van der Waals surface area contributed by atoms with Crippen LogP contribution in [0.2, 0.25) is 0 Å². The Labute approximate surface area is 148 Å². The number of nitrogens with zero attached hydrogens (tertiary/aromatic N) is 3. The Morgan fingerprint density at radius 3 is 2.33 bits per heavy atom. The fraction of sp³-hybridized carbons (Fsp3) is 0.300. The molecular formula is C20H23N3S. The predicted octanol–water partition coefficient (Wildman–Crippen LogP) is 4.77. The molecule has 0 atom stereocenters. The van der Waals surface area contributed by atoms with Gasteiger partial charge in [-0.05, 0) is 25.2 Å². The third kappa shape index (κ3) is 3.40. The average molecular weight is 337 g/mol. The molecule has 2 aromatic carbocycles. The van der Waals surface area contributed by atoms with Crippen molar-refractivity contribution in [3.63, 3.8) is 0 Å². The summed E-state index contributed by atoms with van der Waals surface area (Å²) in [5, 5.41) is 1.05. The first-order chi connectivity index (χ1) is 11.7. The number of fused-ring (bicyclic) bond motifs is 1. The van der Waals surface area contributed by atoms with Gasteiger partial charge in [0.1, 0.15) is 10.5 Å². The molecule has 0 saturated carbocycles. The third-order valence-electron chi connectivity index (χ3n) is 4.43. The first kappa shape index (κ1) is 16.8. The Kier molecular flexibility index (Phi) is 5.38. The first-order valence-electron chi connectivity index (χ1n) is 8.52. The number of aromatic nitrogens is 2. The molecule has 0 spiro atoms. The Bertz CT molecular complexity index is 867. The van der Waals surface area contributed by atoms with Gasteiger partial charge in [-0.15, -0.1) is 0 Å². The number of hydrogen-bond donors (Lipinski definition) is 0. The lowest BCUT2D eigenvalue weighted by Gasteiger charge is -2.21. The molecule has 0 N–H and O–H groups in total. The molecule has 1 heterocycles. The molecule has 0 bridgehead atoms. The zero-order chi connectivity index (χ0) is 16.9. The van der Waals surface area contributed by atoms with E-state index in [1.165, 1.54) is 0 Å². The van der Waals surface area contributed by atoms with Gasteiger partial charge in [0.15, 0.2) is 0 Å². The lowest BCUT2D eigenvalue weighted by Crippen LogP contribution is -2.27. The molecule has 24 heavy (non-hydrogen) atoms. The van der Waals surface area contributed by atoms with Crippen LogP contribution >= 0.6 is 12.2 Å². The van der Waals surface area contributed by atoms with Gasteiger partial charge in [0, 0.05) is 24.0 Å². The van der Waals surface area contributed by atoms with Gasteiger partial charge in [0.25, 0.3) is 0 Å². The van der Waals surface area contributed by atoms with Crippen molar-refractivity contribution in [2.75, 3.05) is 19.6 Å². The quantitative estimate of drug-likeness (QED) is 0.604. The largest absolute Gasteiger partial charge is 0.315 e. The summed E-state index contributed by atoms with van der Waals surface area (Å²) in [6.45, 7) is 8.31. The van der Waals surface area contributed by atoms with Crippen molar-refractivity contribution in [1.82, 2.24) is 14.5 Å². The minimum atomic E-state index is 0.850. The Balaban J connectivity index is 2.13. The zero-order valence-corrected chi connectivity index (χ0v) is 15.1. The van der Waals surface area contributed by atoms with Crippen molar-refractivity contribution in [3.05, 3.63) is 59.2 Å². The van der Waals surface area contributed by atoms with E-state index in [4.69, 9.17) is 17.2 Å². The van der Waals surface area contributed by atoms with E-state index in [1.54, 1.807) is 0 Å². The van der Waals surface area contributed by atoms with Crippen LogP contribution in [0.3, 0.4) is 0 Å². The second-order valence-electron chi connectivity index (χ2n) is 5.80. The van der Waals surface area contributed by atoms with E-state index in [0.29, 0.717) is 0 Å². The second kappa shape index (κ2) is 7.69. The molecule has 0 aliphatic rings. The lowest BCUT2D eigenvalue weighted by molar-refractivity contribution is 0.290. The summed E-state index contributed by atoms with van der Waals surface area (Å²) in [7, 11) is 0. The summed E-state index contributed by atoms with van der Waals surface area (Å²) in [6, 6.07) is 18.4. The second-order valence-corrected chi connectivity index (χ2v) is 6.19. The van der Waals surface area contributed by atoms with Gasteiger partial charge in [-0.25, -0.2) is 4.98 Å². The van der Waals surface area contributed by atoms with Gasteiger partial charge in [-0.3, -0.25) is 0 Å². The molecule has 0 amide bonds. The van der Waals surface area contributed by atoms with Crippen molar-refractivity contribution in [2.45, 2.75) is 20.4 Å². The summed E-state index contributed by atoms with van der Waals surface area (Å²) in [5.74, 6) is 0.950. The molecule has 0 radical (unpaired) electrons. The minimum Gasteiger partial charge on any atom is -0.315 e. The summed E-state index contributed by atoms with van der Waals surface area (Å²) in [4.78, 5) is 7.32. The third-order valence-corrected chi connectivity index (χ3v) is 4.87. The highest BCUT2D eigenvalue weighted by Crippen LogP contribution is 2.23. The molecule has 0 fully saturated rings. The summed E-state index contributed by atoms with van der Waals surface area (Å²) >= 11 is 5.81. The number of benzene rings is 2. The van der Waals surface area contributed by atoms with Crippen LogP contribution < -0.4 is 0 Å². The fourth-order valence-electron chi connectivity index (χ4n) is 2.96. The highest BCUT2D eigenvalue weighted by atomic mass is 32.1. The highest BCUT2D eigenvalue weighted by Gasteiger charge is 2.11. The summed E-state index contributed by atoms with van der Waals surface area (Å²) in [5.41, 5.74) is 2.06. The smallest absolute Gasteiger partial charge is 0.141 e. The summed E-state index contributed by atoms with van der Waals surface area (Å²) < 4.78 is 3.05. The Hall–Kier alpha value is -2.04. The topological polar surface area (TPSA) is 21.1 Å². The molecule has 0 unspecified atom stereocenters. The predicted molar refractivity (Wildman–Crippen MR) is 104 cm³/mol. The van der Waals surface area contributed by atoms with Crippen LogP contribution in [0.25, 0.3) is 22.3 Å². The first-order valence-corrected chi connectivity index (χ1v) is 8.92. The van der Waals surface area contributed by atoms with Crippen molar-refractivity contribution in [2.24, 2.45) is 0 Å². The van der Waals surface area contributed by atoms with Crippen LogP contribution in [0, 0.1) is 4.64 Å². The van der Waals surface area contributed by atoms with E-state index >= 15 is 0 Å². The average Bonchev–Trinajstić information content (AvgIpc) is 2.64. The van der Waals surface area contributed by atoms with E-state index in [9.17, 15) is 0 Å². The molecular weight excluding hydrogens is 314 g/mol. The van der Waals surface area contributed by atoms with Crippen molar-refractivity contribution in [3.8, 4) is 11.4 Å². The Morgan fingerprint density at radius 1 is 0.958 bits per heavy atom. The van der Waals surface area contributed by atoms with Gasteiger partial charge in [0.05, 0.1) is 5.52 Å². The molecule has 124 valence electrons. The van der Waals surface area contributed by atoms with E-state index in [1.807, 2.05) is 36.4 Å². The van der Waals surface area contributed by atoms with E-state index in [0.717, 1.165) is 53.1 Å². The van der Waals surface area contributed by atoms with E-state index in [-0.39, 0.29) is 0 Å². The Morgan fingerprint density at radius 2 is 1.62 bits per heavy atom. The molecule has 3 aromatic rings. The molecule has 3 rings (SSSR count). The standard InChI is InChI=1S/C20H23N3S/c1-3-22(4-2)14-15-23-19(16-10-6-5-7-11-16)21-18-13-9-8-12-17(18)20(23)24/h5-13H,3-4,14-15H2,1-2H3. The van der Waals surface area contributed by atoms with Crippen LogP contribution in [-0.2, 0) is 6.54 Å². The van der Waals surface area contributed by atoms with Crippen LogP contribution in [0.15, 0.2) is 54.6 Å². The molecule has 0 aliphatic carbocycles. The zero-order valence-electron chi connectivity index (χ0n) is 14.3. The number of rotatable bonds is 6. The fourth-order valence-corrected chi connectivity index (χ4v) is 3.31. The van der Waals surface area contributed by atoms with Crippen molar-refractivity contribution >= 4 is 23.1 Å². The van der Waals surface area contributed by atoms with Crippen LogP contribution in [0.5, 0.6) is 0 Å². The van der Waals surface area contributed by atoms with Gasteiger partial charge in [-0.1, -0.05) is 68.5 Å². The van der Waals surface area contributed by atoms with E-state index < -0.39 is 0 Å². The van der Waals surface area contributed by atoms with Gasteiger partial charge >= 0.3 is 0 Å². The van der Waals surface area contributed by atoms with Crippen molar-refractivity contribution < 1.29 is 0 Å². The normalized spacial score (nSPS) is 11.3. The number of hydrogen-bond acceptors (Lipinski definition) is 3. The number of para-hydroxylation sites is 1. The van der Waals surface area contributed by atoms with Crippen LogP contribution in [0.1, 0.15) is 13.8 Å². The lowest BCUT2D eigenvalue weighted by atomic mass is 10.2. The molecule has 0 saturated heterocycles. The SMILES string of the molecule is CCN(CC)CCn1c(-c2ccccc2)nc2ccccc2c1=S. The van der Waals surface area contributed by atoms with Crippen molar-refractivity contribution in [1.29, 1.82) is 0 Å². The van der Waals surface area contributed by atoms with Gasteiger partial charge in [0.2, 0.25) is 0 Å². The van der Waals surface area contributed by atoms with E-state index in [2.05, 4.69) is 41.5 Å². The molecule has 0 aliphatic heterocycles. The monoisotopic (exact) mass is 337 g/mol.